The SMILES string of the molecule is c1ccc(-n2ccc3c2ccc2c4ccccc4n(-c4ccc(-c5ccc6c7ccccc7c7ccccc7c6c5)cc4)c23)cc1. The summed E-state index contributed by atoms with van der Waals surface area (Å²) in [7, 11) is 0. The molecular weight excluding hydrogens is 556 g/mol. The van der Waals surface area contributed by atoms with Crippen molar-refractivity contribution in [3.05, 3.63) is 170 Å². The number of nitrogens with zero attached hydrogens (tertiary/aromatic N) is 2. The normalized spacial score (nSPS) is 11.9. The van der Waals surface area contributed by atoms with Gasteiger partial charge in [-0.05, 0) is 92.0 Å². The lowest BCUT2D eigenvalue weighted by atomic mass is 9.92. The van der Waals surface area contributed by atoms with Crippen molar-refractivity contribution in [3.63, 3.8) is 0 Å². The summed E-state index contributed by atoms with van der Waals surface area (Å²) in [6.45, 7) is 0. The molecule has 8 aromatic carbocycles. The maximum Gasteiger partial charge on any atom is 0.0635 e. The Morgan fingerprint density at radius 3 is 1.59 bits per heavy atom. The molecule has 10 rings (SSSR count). The number of aromatic nitrogens is 2. The van der Waals surface area contributed by atoms with Crippen molar-refractivity contribution in [3.8, 4) is 22.5 Å². The lowest BCUT2D eigenvalue weighted by Crippen LogP contribution is -1.95. The van der Waals surface area contributed by atoms with Crippen LogP contribution in [0.1, 0.15) is 0 Å². The molecule has 0 spiro atoms. The average Bonchev–Trinajstić information content (AvgIpc) is 3.72. The molecule has 214 valence electrons. The summed E-state index contributed by atoms with van der Waals surface area (Å²) in [6.07, 6.45) is 2.19. The number of benzene rings is 8. The van der Waals surface area contributed by atoms with Crippen LogP contribution in [0.25, 0.3) is 87.5 Å². The highest BCUT2D eigenvalue weighted by Gasteiger charge is 2.17. The fraction of sp³-hybridized carbons (Fsp3) is 0. The highest BCUT2D eigenvalue weighted by atomic mass is 15.0. The first-order chi connectivity index (χ1) is 22.8. The van der Waals surface area contributed by atoms with E-state index < -0.39 is 0 Å². The Kier molecular flexibility index (Phi) is 5.31. The topological polar surface area (TPSA) is 9.86 Å². The van der Waals surface area contributed by atoms with Crippen LogP contribution in [0.15, 0.2) is 170 Å². The third kappa shape index (κ3) is 3.59. The molecule has 0 fully saturated rings. The molecule has 0 amide bonds. The van der Waals surface area contributed by atoms with Crippen LogP contribution >= 0.6 is 0 Å². The quantitative estimate of drug-likeness (QED) is 0.183. The van der Waals surface area contributed by atoms with Gasteiger partial charge >= 0.3 is 0 Å². The van der Waals surface area contributed by atoms with Crippen molar-refractivity contribution in [2.24, 2.45) is 0 Å². The fourth-order valence-electron chi connectivity index (χ4n) is 7.65. The number of para-hydroxylation sites is 2. The van der Waals surface area contributed by atoms with Gasteiger partial charge in [-0.2, -0.15) is 0 Å². The van der Waals surface area contributed by atoms with E-state index in [1.807, 2.05) is 0 Å². The van der Waals surface area contributed by atoms with E-state index in [0.29, 0.717) is 0 Å². The third-order valence-electron chi connectivity index (χ3n) is 9.74. The van der Waals surface area contributed by atoms with Gasteiger partial charge in [-0.3, -0.25) is 0 Å². The Bertz CT molecular complexity index is 2740. The second-order valence-corrected chi connectivity index (χ2v) is 12.2. The third-order valence-corrected chi connectivity index (χ3v) is 9.74. The summed E-state index contributed by atoms with van der Waals surface area (Å²) in [6, 6.07) is 59.7. The first-order valence-electron chi connectivity index (χ1n) is 15.9. The number of rotatable bonds is 3. The van der Waals surface area contributed by atoms with Gasteiger partial charge in [0.2, 0.25) is 0 Å². The minimum absolute atomic E-state index is 1.16. The molecule has 2 heteroatoms. The van der Waals surface area contributed by atoms with E-state index in [2.05, 4.69) is 179 Å². The van der Waals surface area contributed by atoms with Gasteiger partial charge in [0.15, 0.2) is 0 Å². The number of fused-ring (bicyclic) bond motifs is 11. The van der Waals surface area contributed by atoms with Crippen LogP contribution in [0.3, 0.4) is 0 Å². The van der Waals surface area contributed by atoms with Gasteiger partial charge < -0.3 is 9.13 Å². The molecule has 2 nitrogen and oxygen atoms in total. The molecule has 0 atom stereocenters. The van der Waals surface area contributed by atoms with Crippen molar-refractivity contribution < 1.29 is 0 Å². The number of hydrogen-bond acceptors (Lipinski definition) is 0. The zero-order chi connectivity index (χ0) is 30.2. The van der Waals surface area contributed by atoms with Crippen LogP contribution in [0.4, 0.5) is 0 Å². The monoisotopic (exact) mass is 584 g/mol. The van der Waals surface area contributed by atoms with Crippen LogP contribution in [-0.2, 0) is 0 Å². The molecule has 0 bridgehead atoms. The second kappa shape index (κ2) is 9.69. The molecule has 0 aliphatic heterocycles. The Morgan fingerprint density at radius 1 is 0.304 bits per heavy atom. The molecule has 2 heterocycles. The Balaban J connectivity index is 1.16. The molecule has 0 N–H and O–H groups in total. The zero-order valence-electron chi connectivity index (χ0n) is 25.1. The van der Waals surface area contributed by atoms with E-state index >= 15 is 0 Å². The van der Waals surface area contributed by atoms with Gasteiger partial charge in [-0.1, -0.05) is 115 Å². The van der Waals surface area contributed by atoms with Crippen molar-refractivity contribution in [1.82, 2.24) is 9.13 Å². The highest BCUT2D eigenvalue weighted by molar-refractivity contribution is 6.25. The number of hydrogen-bond donors (Lipinski definition) is 0. The lowest BCUT2D eigenvalue weighted by molar-refractivity contribution is 1.13. The summed E-state index contributed by atoms with van der Waals surface area (Å²) in [5, 5.41) is 11.6. The van der Waals surface area contributed by atoms with Gasteiger partial charge in [0.05, 0.1) is 16.6 Å². The predicted octanol–water partition coefficient (Wildman–Crippen LogP) is 11.9. The molecule has 10 aromatic rings. The predicted molar refractivity (Wildman–Crippen MR) is 196 cm³/mol. The van der Waals surface area contributed by atoms with E-state index in [0.717, 1.165) is 5.69 Å². The first-order valence-corrected chi connectivity index (χ1v) is 15.9. The van der Waals surface area contributed by atoms with E-state index in [1.165, 1.54) is 81.8 Å². The maximum atomic E-state index is 2.44. The van der Waals surface area contributed by atoms with Gasteiger partial charge in [0.25, 0.3) is 0 Å². The summed E-state index contributed by atoms with van der Waals surface area (Å²) in [5.74, 6) is 0. The van der Waals surface area contributed by atoms with Gasteiger partial charge in [0, 0.05) is 33.7 Å². The molecule has 46 heavy (non-hydrogen) atoms. The smallest absolute Gasteiger partial charge is 0.0635 e. The molecule has 0 unspecified atom stereocenters. The van der Waals surface area contributed by atoms with Crippen LogP contribution in [0.2, 0.25) is 0 Å². The first kappa shape index (κ1) is 25.2. The van der Waals surface area contributed by atoms with E-state index in [4.69, 9.17) is 0 Å². The summed E-state index contributed by atoms with van der Waals surface area (Å²) >= 11 is 0. The van der Waals surface area contributed by atoms with Gasteiger partial charge in [0.1, 0.15) is 0 Å². The largest absolute Gasteiger partial charge is 0.316 e. The fourth-order valence-corrected chi connectivity index (χ4v) is 7.65. The summed E-state index contributed by atoms with van der Waals surface area (Å²) in [4.78, 5) is 0. The van der Waals surface area contributed by atoms with Gasteiger partial charge in [-0.25, -0.2) is 0 Å². The molecule has 2 aromatic heterocycles. The maximum absolute atomic E-state index is 2.44. The van der Waals surface area contributed by atoms with Crippen LogP contribution in [0.5, 0.6) is 0 Å². The van der Waals surface area contributed by atoms with Crippen molar-refractivity contribution in [1.29, 1.82) is 0 Å². The molecule has 0 saturated carbocycles. The summed E-state index contributed by atoms with van der Waals surface area (Å²) < 4.78 is 4.72. The molecule has 0 aliphatic carbocycles. The van der Waals surface area contributed by atoms with Gasteiger partial charge in [-0.15, -0.1) is 0 Å². The minimum atomic E-state index is 1.16. The van der Waals surface area contributed by atoms with Crippen LogP contribution < -0.4 is 0 Å². The van der Waals surface area contributed by atoms with Crippen molar-refractivity contribution in [2.75, 3.05) is 0 Å². The van der Waals surface area contributed by atoms with Crippen molar-refractivity contribution >= 4 is 65.0 Å². The molecule has 0 aliphatic rings. The lowest BCUT2D eigenvalue weighted by Gasteiger charge is -2.13. The Hall–Kier alpha value is -6.12. The average molecular weight is 585 g/mol. The highest BCUT2D eigenvalue weighted by Crippen LogP contribution is 2.39. The standard InChI is InChI=1S/C44H28N2/c1-2-10-31(11-3-1)45-27-26-40-42(45)25-24-39-38-16-8-9-17-43(38)46(44(39)40)32-21-18-29(19-22-32)30-20-23-37-35-14-5-4-12-33(35)34-13-6-7-15-36(34)41(37)28-30/h1-28H. The Morgan fingerprint density at radius 2 is 0.870 bits per heavy atom. The second-order valence-electron chi connectivity index (χ2n) is 12.2. The zero-order valence-corrected chi connectivity index (χ0v) is 25.1. The summed E-state index contributed by atoms with van der Waals surface area (Å²) in [5.41, 5.74) is 8.43. The van der Waals surface area contributed by atoms with E-state index in [-0.39, 0.29) is 0 Å². The Labute approximate surface area is 266 Å². The molecule has 0 saturated heterocycles. The minimum Gasteiger partial charge on any atom is -0.316 e. The van der Waals surface area contributed by atoms with E-state index in [9.17, 15) is 0 Å². The molecule has 0 radical (unpaired) electrons. The van der Waals surface area contributed by atoms with Crippen molar-refractivity contribution in [2.45, 2.75) is 0 Å². The molecular formula is C44H28N2. The van der Waals surface area contributed by atoms with Crippen LogP contribution in [0, 0.1) is 0 Å². The van der Waals surface area contributed by atoms with E-state index in [1.54, 1.807) is 0 Å². The van der Waals surface area contributed by atoms with Crippen LogP contribution in [-0.4, -0.2) is 9.13 Å².